The van der Waals surface area contributed by atoms with Crippen molar-refractivity contribution in [2.24, 2.45) is 0 Å². The Morgan fingerprint density at radius 3 is 2.77 bits per heavy atom. The summed E-state index contributed by atoms with van der Waals surface area (Å²) in [5.74, 6) is 0. The number of benzene rings is 2. The number of hydrogen-bond donors (Lipinski definition) is 3. The van der Waals surface area contributed by atoms with Crippen LogP contribution in [0, 0.1) is 11.5 Å². The molecule has 35 heavy (non-hydrogen) atoms. The first-order chi connectivity index (χ1) is 16.7. The van der Waals surface area contributed by atoms with E-state index in [0.29, 0.717) is 21.1 Å². The Balaban J connectivity index is 1.34. The molecule has 1 aliphatic rings. The number of amides is 2. The molecule has 3 aromatic rings. The molecule has 0 saturated carbocycles. The number of hydrogen-bond acceptors (Lipinski definition) is 6. The number of likely N-dealkylation sites (tertiary alicyclic amines) is 1. The van der Waals surface area contributed by atoms with E-state index in [4.69, 9.17) is 0 Å². The lowest BCUT2D eigenvalue weighted by atomic mass is 10.2. The van der Waals surface area contributed by atoms with Gasteiger partial charge < -0.3 is 15.5 Å². The first-order valence-electron chi connectivity index (χ1n) is 10.5. The SMILES string of the molecule is N#CN1C[C@H](NS(=O)(=O)c2cc(Br)ccc2Br)C[C@@H]1CNC(=O)Nc1cccc(-n2cccn2)c1. The van der Waals surface area contributed by atoms with Crippen LogP contribution < -0.4 is 15.4 Å². The summed E-state index contributed by atoms with van der Waals surface area (Å²) < 4.78 is 31.2. The lowest BCUT2D eigenvalue weighted by Crippen LogP contribution is -2.39. The van der Waals surface area contributed by atoms with Gasteiger partial charge in [0.25, 0.3) is 0 Å². The molecule has 1 aliphatic heterocycles. The highest BCUT2D eigenvalue weighted by atomic mass is 79.9. The van der Waals surface area contributed by atoms with Gasteiger partial charge in [0.15, 0.2) is 6.19 Å². The van der Waals surface area contributed by atoms with E-state index in [2.05, 4.69) is 58.5 Å². The number of nitrogens with one attached hydrogen (secondary N) is 3. The molecule has 0 aliphatic carbocycles. The van der Waals surface area contributed by atoms with Crippen LogP contribution >= 0.6 is 31.9 Å². The first-order valence-corrected chi connectivity index (χ1v) is 13.6. The fourth-order valence-corrected chi connectivity index (χ4v) is 6.56. The van der Waals surface area contributed by atoms with Gasteiger partial charge in [0.05, 0.1) is 16.6 Å². The van der Waals surface area contributed by atoms with Gasteiger partial charge in [-0.25, -0.2) is 22.6 Å². The van der Waals surface area contributed by atoms with Gasteiger partial charge in [-0.2, -0.15) is 10.4 Å². The molecule has 1 saturated heterocycles. The van der Waals surface area contributed by atoms with E-state index >= 15 is 0 Å². The number of urea groups is 1. The van der Waals surface area contributed by atoms with Gasteiger partial charge in [-0.3, -0.25) is 0 Å². The number of nitrogens with zero attached hydrogens (tertiary/aromatic N) is 4. The fourth-order valence-electron chi connectivity index (χ4n) is 3.82. The van der Waals surface area contributed by atoms with Gasteiger partial charge in [-0.1, -0.05) is 22.0 Å². The summed E-state index contributed by atoms with van der Waals surface area (Å²) in [6, 6.07) is 12.7. The maximum Gasteiger partial charge on any atom is 0.319 e. The minimum Gasteiger partial charge on any atom is -0.336 e. The Morgan fingerprint density at radius 2 is 2.03 bits per heavy atom. The topological polar surface area (TPSA) is 132 Å². The number of anilines is 1. The van der Waals surface area contributed by atoms with Crippen LogP contribution in [0.2, 0.25) is 0 Å². The van der Waals surface area contributed by atoms with Crippen molar-refractivity contribution in [1.29, 1.82) is 5.26 Å². The van der Waals surface area contributed by atoms with Crippen molar-refractivity contribution in [2.75, 3.05) is 18.4 Å². The van der Waals surface area contributed by atoms with Crippen molar-refractivity contribution in [3.05, 3.63) is 69.9 Å². The molecule has 10 nitrogen and oxygen atoms in total. The third kappa shape index (κ3) is 6.21. The average molecular weight is 623 g/mol. The average Bonchev–Trinajstić information content (AvgIpc) is 3.49. The molecule has 3 N–H and O–H groups in total. The zero-order valence-electron chi connectivity index (χ0n) is 18.2. The Kier molecular flexibility index (Phi) is 7.75. The van der Waals surface area contributed by atoms with E-state index in [1.165, 1.54) is 11.0 Å². The molecule has 0 radical (unpaired) electrons. The van der Waals surface area contributed by atoms with Gasteiger partial charge in [-0.15, -0.1) is 0 Å². The maximum atomic E-state index is 12.9. The second-order valence-electron chi connectivity index (χ2n) is 7.87. The van der Waals surface area contributed by atoms with E-state index in [1.54, 1.807) is 53.5 Å². The molecule has 1 aromatic heterocycles. The molecule has 13 heteroatoms. The third-order valence-corrected chi connectivity index (χ3v) is 8.43. The normalized spacial score (nSPS) is 17.7. The molecule has 2 amide bonds. The second kappa shape index (κ2) is 10.8. The standard InChI is InChI=1S/C22H21Br2N7O3S/c23-15-5-6-20(24)21(9-15)35(33,34)29-17-11-19(30(13-17)14-25)12-26-22(32)28-16-3-1-4-18(10-16)31-8-2-7-27-31/h1-10,17,19,29H,11-13H2,(H2,26,28,32)/t17-,19-/m1/s1. The first kappa shape index (κ1) is 25.2. The maximum absolute atomic E-state index is 12.9. The van der Waals surface area contributed by atoms with Crippen molar-refractivity contribution >= 4 is 53.6 Å². The van der Waals surface area contributed by atoms with Crippen LogP contribution in [0.15, 0.2) is 74.8 Å². The number of carbonyl (C=O) groups is 1. The lowest BCUT2D eigenvalue weighted by molar-refractivity contribution is 0.248. The summed E-state index contributed by atoms with van der Waals surface area (Å²) in [6.45, 7) is 0.387. The molecule has 2 aromatic carbocycles. The number of sulfonamides is 1. The Hall–Kier alpha value is -2.92. The number of halogens is 2. The van der Waals surface area contributed by atoms with Crippen LogP contribution in [0.5, 0.6) is 0 Å². The van der Waals surface area contributed by atoms with Gasteiger partial charge in [0.1, 0.15) is 0 Å². The molecule has 0 bridgehead atoms. The predicted molar refractivity (Wildman–Crippen MR) is 137 cm³/mol. The summed E-state index contributed by atoms with van der Waals surface area (Å²) >= 11 is 6.56. The zero-order chi connectivity index (χ0) is 25.0. The van der Waals surface area contributed by atoms with Crippen LogP contribution in [-0.2, 0) is 10.0 Å². The van der Waals surface area contributed by atoms with E-state index in [1.807, 2.05) is 6.07 Å². The zero-order valence-corrected chi connectivity index (χ0v) is 22.2. The van der Waals surface area contributed by atoms with Gasteiger partial charge in [0, 0.05) is 46.2 Å². The Morgan fingerprint density at radius 1 is 1.20 bits per heavy atom. The molecule has 182 valence electrons. The van der Waals surface area contributed by atoms with Crippen LogP contribution in [0.4, 0.5) is 10.5 Å². The predicted octanol–water partition coefficient (Wildman–Crippen LogP) is 3.42. The fraction of sp³-hybridized carbons (Fsp3) is 0.227. The Labute approximate surface area is 219 Å². The number of nitriles is 1. The van der Waals surface area contributed by atoms with Crippen molar-refractivity contribution in [1.82, 2.24) is 24.7 Å². The van der Waals surface area contributed by atoms with Crippen molar-refractivity contribution < 1.29 is 13.2 Å². The molecule has 2 heterocycles. The van der Waals surface area contributed by atoms with Crippen LogP contribution in [0.25, 0.3) is 5.69 Å². The van der Waals surface area contributed by atoms with Crippen LogP contribution in [0.1, 0.15) is 6.42 Å². The third-order valence-electron chi connectivity index (χ3n) is 5.42. The van der Waals surface area contributed by atoms with E-state index < -0.39 is 22.1 Å². The Bertz CT molecular complexity index is 1360. The van der Waals surface area contributed by atoms with Crippen LogP contribution in [-0.4, -0.2) is 54.3 Å². The summed E-state index contributed by atoms with van der Waals surface area (Å²) in [6.07, 6.45) is 5.92. The molecule has 0 unspecified atom stereocenters. The highest BCUT2D eigenvalue weighted by Crippen LogP contribution is 2.27. The molecule has 2 atom stereocenters. The lowest BCUT2D eigenvalue weighted by Gasteiger charge is -2.18. The van der Waals surface area contributed by atoms with E-state index in [0.717, 1.165) is 5.69 Å². The summed E-state index contributed by atoms with van der Waals surface area (Å²) in [4.78, 5) is 14.0. The largest absolute Gasteiger partial charge is 0.336 e. The van der Waals surface area contributed by atoms with Crippen molar-refractivity contribution in [2.45, 2.75) is 23.4 Å². The van der Waals surface area contributed by atoms with Crippen LogP contribution in [0.3, 0.4) is 0 Å². The van der Waals surface area contributed by atoms with Crippen molar-refractivity contribution in [3.8, 4) is 11.9 Å². The highest BCUT2D eigenvalue weighted by molar-refractivity contribution is 9.11. The van der Waals surface area contributed by atoms with Gasteiger partial charge in [0.2, 0.25) is 10.0 Å². The van der Waals surface area contributed by atoms with E-state index in [9.17, 15) is 18.5 Å². The molecule has 4 rings (SSSR count). The minimum atomic E-state index is -3.82. The molecular formula is C22H21Br2N7O3S. The number of carbonyl (C=O) groups excluding carboxylic acids is 1. The highest BCUT2D eigenvalue weighted by Gasteiger charge is 2.35. The number of rotatable bonds is 7. The minimum absolute atomic E-state index is 0.105. The van der Waals surface area contributed by atoms with Gasteiger partial charge >= 0.3 is 6.03 Å². The summed E-state index contributed by atoms with van der Waals surface area (Å²) in [5.41, 5.74) is 1.38. The summed E-state index contributed by atoms with van der Waals surface area (Å²) in [5, 5.41) is 19.2. The monoisotopic (exact) mass is 621 g/mol. The van der Waals surface area contributed by atoms with E-state index in [-0.39, 0.29) is 24.0 Å². The second-order valence-corrected chi connectivity index (χ2v) is 11.3. The molecule has 0 spiro atoms. The van der Waals surface area contributed by atoms with Crippen molar-refractivity contribution in [3.63, 3.8) is 0 Å². The molecular weight excluding hydrogens is 602 g/mol. The smallest absolute Gasteiger partial charge is 0.319 e. The quantitative estimate of drug-likeness (QED) is 0.346. The van der Waals surface area contributed by atoms with Gasteiger partial charge in [-0.05, 0) is 64.8 Å². The summed E-state index contributed by atoms with van der Waals surface area (Å²) in [7, 11) is -3.82. The molecule has 1 fully saturated rings. The number of aromatic nitrogens is 2.